The largest absolute Gasteiger partial charge is 0.378 e. The van der Waals surface area contributed by atoms with E-state index in [0.717, 1.165) is 18.4 Å². The summed E-state index contributed by atoms with van der Waals surface area (Å²) >= 11 is 0. The maximum atomic E-state index is 5.46. The van der Waals surface area contributed by atoms with E-state index >= 15 is 0 Å². The first-order chi connectivity index (χ1) is 3.88. The van der Waals surface area contributed by atoms with Crippen LogP contribution in [0.3, 0.4) is 0 Å². The predicted octanol–water partition coefficient (Wildman–Crippen LogP) is 1.43. The molecule has 2 fully saturated rings. The number of hydrogen-bond acceptors (Lipinski definition) is 1. The van der Waals surface area contributed by atoms with Crippen molar-refractivity contribution in [3.63, 3.8) is 0 Å². The SMILES string of the molecule is C[C@H]1CC2CCOC21. The van der Waals surface area contributed by atoms with Gasteiger partial charge < -0.3 is 4.74 Å². The first kappa shape index (κ1) is 4.80. The van der Waals surface area contributed by atoms with Gasteiger partial charge in [0.25, 0.3) is 0 Å². The van der Waals surface area contributed by atoms with Gasteiger partial charge in [-0.15, -0.1) is 0 Å². The summed E-state index contributed by atoms with van der Waals surface area (Å²) in [6.45, 7) is 3.31. The zero-order valence-electron chi connectivity index (χ0n) is 5.26. The Balaban J connectivity index is 2.02. The molecule has 0 spiro atoms. The van der Waals surface area contributed by atoms with Crippen LogP contribution in [0.2, 0.25) is 0 Å². The minimum absolute atomic E-state index is 0.662. The Morgan fingerprint density at radius 3 is 2.88 bits per heavy atom. The summed E-state index contributed by atoms with van der Waals surface area (Å²) in [7, 11) is 0. The first-order valence-corrected chi connectivity index (χ1v) is 3.49. The van der Waals surface area contributed by atoms with Gasteiger partial charge in [-0.1, -0.05) is 6.92 Å². The second-order valence-electron chi connectivity index (χ2n) is 3.10. The summed E-state index contributed by atoms with van der Waals surface area (Å²) in [5.41, 5.74) is 0. The molecule has 1 nitrogen and oxygen atoms in total. The third kappa shape index (κ3) is 0.455. The molecule has 8 heavy (non-hydrogen) atoms. The zero-order chi connectivity index (χ0) is 5.56. The lowest BCUT2D eigenvalue weighted by atomic mass is 9.73. The molecule has 1 aliphatic carbocycles. The topological polar surface area (TPSA) is 9.23 Å². The summed E-state index contributed by atoms with van der Waals surface area (Å²) in [5.74, 6) is 1.81. The maximum absolute atomic E-state index is 5.46. The smallest absolute Gasteiger partial charge is 0.0629 e. The van der Waals surface area contributed by atoms with Crippen LogP contribution in [-0.4, -0.2) is 12.7 Å². The standard InChI is InChI=1S/C7H12O/c1-5-4-6-2-3-8-7(5)6/h5-7H,2-4H2,1H3/t5-,6?,7?/m0/s1. The molecule has 2 unspecified atom stereocenters. The molecule has 2 rings (SSSR count). The fraction of sp³-hybridized carbons (Fsp3) is 1.00. The third-order valence-corrected chi connectivity index (χ3v) is 2.50. The van der Waals surface area contributed by atoms with Crippen molar-refractivity contribution in [1.82, 2.24) is 0 Å². The number of rotatable bonds is 0. The van der Waals surface area contributed by atoms with Gasteiger partial charge in [0.15, 0.2) is 0 Å². The van der Waals surface area contributed by atoms with Crippen LogP contribution >= 0.6 is 0 Å². The van der Waals surface area contributed by atoms with E-state index in [9.17, 15) is 0 Å². The van der Waals surface area contributed by atoms with E-state index in [2.05, 4.69) is 6.92 Å². The van der Waals surface area contributed by atoms with Crippen molar-refractivity contribution >= 4 is 0 Å². The molecule has 0 aromatic heterocycles. The molecule has 0 aromatic rings. The fourth-order valence-corrected chi connectivity index (χ4v) is 1.95. The van der Waals surface area contributed by atoms with Crippen molar-refractivity contribution in [2.24, 2.45) is 11.8 Å². The molecular formula is C7H12O. The van der Waals surface area contributed by atoms with Crippen LogP contribution in [-0.2, 0) is 4.74 Å². The Bertz CT molecular complexity index is 101. The Morgan fingerprint density at radius 2 is 2.38 bits per heavy atom. The fourth-order valence-electron chi connectivity index (χ4n) is 1.95. The van der Waals surface area contributed by atoms with Gasteiger partial charge in [0.1, 0.15) is 0 Å². The highest BCUT2D eigenvalue weighted by Gasteiger charge is 2.42. The maximum Gasteiger partial charge on any atom is 0.0629 e. The summed E-state index contributed by atoms with van der Waals surface area (Å²) in [4.78, 5) is 0. The van der Waals surface area contributed by atoms with Crippen molar-refractivity contribution in [2.45, 2.75) is 25.9 Å². The molecule has 0 aromatic carbocycles. The lowest BCUT2D eigenvalue weighted by molar-refractivity contribution is -0.0170. The summed E-state index contributed by atoms with van der Waals surface area (Å²) < 4.78 is 5.46. The van der Waals surface area contributed by atoms with Crippen LogP contribution in [0.5, 0.6) is 0 Å². The van der Waals surface area contributed by atoms with Crippen molar-refractivity contribution in [3.8, 4) is 0 Å². The number of ether oxygens (including phenoxy) is 1. The predicted molar refractivity (Wildman–Crippen MR) is 31.6 cm³/mol. The van der Waals surface area contributed by atoms with Crippen molar-refractivity contribution in [2.75, 3.05) is 6.61 Å². The first-order valence-electron chi connectivity index (χ1n) is 3.49. The van der Waals surface area contributed by atoms with Crippen LogP contribution in [0, 0.1) is 11.8 Å². The third-order valence-electron chi connectivity index (χ3n) is 2.50. The Hall–Kier alpha value is -0.0400. The van der Waals surface area contributed by atoms with Gasteiger partial charge in [0.05, 0.1) is 6.10 Å². The average molecular weight is 112 g/mol. The molecule has 0 N–H and O–H groups in total. The van der Waals surface area contributed by atoms with Crippen LogP contribution < -0.4 is 0 Å². The van der Waals surface area contributed by atoms with Gasteiger partial charge >= 0.3 is 0 Å². The molecule has 0 bridgehead atoms. The highest BCUT2D eigenvalue weighted by molar-refractivity contribution is 4.91. The number of hydrogen-bond donors (Lipinski definition) is 0. The molecule has 2 aliphatic rings. The van der Waals surface area contributed by atoms with E-state index in [1.165, 1.54) is 12.8 Å². The van der Waals surface area contributed by atoms with Crippen LogP contribution in [0.15, 0.2) is 0 Å². The molecular weight excluding hydrogens is 100 g/mol. The molecule has 0 amide bonds. The molecule has 46 valence electrons. The monoisotopic (exact) mass is 112 g/mol. The summed E-state index contributed by atoms with van der Waals surface area (Å²) in [6, 6.07) is 0. The van der Waals surface area contributed by atoms with Gasteiger partial charge in [-0.3, -0.25) is 0 Å². The Morgan fingerprint density at radius 1 is 1.50 bits per heavy atom. The van der Waals surface area contributed by atoms with Gasteiger partial charge in [0.2, 0.25) is 0 Å². The second-order valence-corrected chi connectivity index (χ2v) is 3.10. The molecule has 1 saturated heterocycles. The van der Waals surface area contributed by atoms with E-state index in [0.29, 0.717) is 6.10 Å². The van der Waals surface area contributed by atoms with E-state index < -0.39 is 0 Å². The van der Waals surface area contributed by atoms with Crippen LogP contribution in [0.25, 0.3) is 0 Å². The normalized spacial score (nSPS) is 52.9. The van der Waals surface area contributed by atoms with Crippen molar-refractivity contribution < 1.29 is 4.74 Å². The van der Waals surface area contributed by atoms with E-state index in [1.807, 2.05) is 0 Å². The van der Waals surface area contributed by atoms with Gasteiger partial charge in [0, 0.05) is 6.61 Å². The van der Waals surface area contributed by atoms with Crippen molar-refractivity contribution in [1.29, 1.82) is 0 Å². The molecule has 1 heterocycles. The molecule has 0 radical (unpaired) electrons. The molecule has 3 atom stereocenters. The molecule has 1 saturated carbocycles. The van der Waals surface area contributed by atoms with Gasteiger partial charge in [-0.2, -0.15) is 0 Å². The van der Waals surface area contributed by atoms with Crippen LogP contribution in [0.4, 0.5) is 0 Å². The highest BCUT2D eigenvalue weighted by Crippen LogP contribution is 2.42. The van der Waals surface area contributed by atoms with Crippen LogP contribution in [0.1, 0.15) is 19.8 Å². The lowest BCUT2D eigenvalue weighted by Crippen LogP contribution is -2.36. The minimum atomic E-state index is 0.662. The van der Waals surface area contributed by atoms with Gasteiger partial charge in [-0.05, 0) is 24.7 Å². The van der Waals surface area contributed by atoms with Gasteiger partial charge in [-0.25, -0.2) is 0 Å². The average Bonchev–Trinajstić information content (AvgIpc) is 2.09. The summed E-state index contributed by atoms with van der Waals surface area (Å²) in [6.07, 6.45) is 3.41. The van der Waals surface area contributed by atoms with E-state index in [1.54, 1.807) is 0 Å². The van der Waals surface area contributed by atoms with Crippen molar-refractivity contribution in [3.05, 3.63) is 0 Å². The Labute approximate surface area is 50.0 Å². The Kier molecular flexibility index (Phi) is 0.884. The summed E-state index contributed by atoms with van der Waals surface area (Å²) in [5, 5.41) is 0. The number of fused-ring (bicyclic) bond motifs is 1. The molecule has 1 heteroatoms. The van der Waals surface area contributed by atoms with E-state index in [4.69, 9.17) is 4.74 Å². The zero-order valence-corrected chi connectivity index (χ0v) is 5.26. The molecule has 1 aliphatic heterocycles. The minimum Gasteiger partial charge on any atom is -0.378 e. The van der Waals surface area contributed by atoms with E-state index in [-0.39, 0.29) is 0 Å². The highest BCUT2D eigenvalue weighted by atomic mass is 16.5. The second kappa shape index (κ2) is 1.47. The quantitative estimate of drug-likeness (QED) is 0.460. The lowest BCUT2D eigenvalue weighted by Gasteiger charge is -2.36.